The average Bonchev–Trinajstić information content (AvgIpc) is 2.49. The van der Waals surface area contributed by atoms with Gasteiger partial charge in [0.2, 0.25) is 0 Å². The Balaban J connectivity index is 1.93. The first kappa shape index (κ1) is 12.4. The molecule has 1 fully saturated rings. The number of piperidine rings is 1. The third kappa shape index (κ3) is 2.70. The molecule has 0 amide bonds. The van der Waals surface area contributed by atoms with Gasteiger partial charge < -0.3 is 5.21 Å². The fourth-order valence-corrected chi connectivity index (χ4v) is 3.07. The van der Waals surface area contributed by atoms with Crippen molar-refractivity contribution in [3.63, 3.8) is 0 Å². The van der Waals surface area contributed by atoms with Gasteiger partial charge in [-0.15, -0.1) is 0 Å². The van der Waals surface area contributed by atoms with Crippen LogP contribution < -0.4 is 0 Å². The summed E-state index contributed by atoms with van der Waals surface area (Å²) in [6.07, 6.45) is 1.00. The highest BCUT2D eigenvalue weighted by Gasteiger charge is 2.30. The highest BCUT2D eigenvalue weighted by molar-refractivity contribution is 5.29. The second kappa shape index (κ2) is 5.55. The second-order valence-corrected chi connectivity index (χ2v) is 5.24. The molecule has 0 radical (unpaired) electrons. The van der Waals surface area contributed by atoms with Gasteiger partial charge in [-0.05, 0) is 23.5 Å². The zero-order chi connectivity index (χ0) is 13.1. The van der Waals surface area contributed by atoms with E-state index in [9.17, 15) is 5.21 Å². The minimum absolute atomic E-state index is 0.363. The van der Waals surface area contributed by atoms with E-state index in [0.29, 0.717) is 18.4 Å². The highest BCUT2D eigenvalue weighted by Crippen LogP contribution is 2.38. The lowest BCUT2D eigenvalue weighted by molar-refractivity contribution is -0.112. The summed E-state index contributed by atoms with van der Waals surface area (Å²) in [6.45, 7) is 1.46. The Hall–Kier alpha value is -1.64. The molecule has 0 bridgehead atoms. The molecule has 0 spiro atoms. The summed E-state index contributed by atoms with van der Waals surface area (Å²) in [4.78, 5) is 0. The predicted molar refractivity (Wildman–Crippen MR) is 76.3 cm³/mol. The van der Waals surface area contributed by atoms with Gasteiger partial charge in [-0.1, -0.05) is 60.7 Å². The molecule has 1 saturated heterocycles. The van der Waals surface area contributed by atoms with Crippen molar-refractivity contribution >= 4 is 0 Å². The second-order valence-electron chi connectivity index (χ2n) is 5.24. The SMILES string of the molecule is ON1CCC(c2ccccc2)C(c2ccccc2)C1. The van der Waals surface area contributed by atoms with Crippen LogP contribution in [0, 0.1) is 0 Å². The van der Waals surface area contributed by atoms with Crippen LogP contribution in [-0.4, -0.2) is 23.4 Å². The molecule has 1 aliphatic rings. The van der Waals surface area contributed by atoms with E-state index >= 15 is 0 Å². The van der Waals surface area contributed by atoms with Crippen molar-refractivity contribution in [1.29, 1.82) is 0 Å². The third-order valence-corrected chi connectivity index (χ3v) is 4.05. The van der Waals surface area contributed by atoms with Gasteiger partial charge in [0.25, 0.3) is 0 Å². The summed E-state index contributed by atoms with van der Waals surface area (Å²) in [5.74, 6) is 0.856. The molecule has 98 valence electrons. The lowest BCUT2D eigenvalue weighted by Crippen LogP contribution is -2.36. The molecule has 2 aromatic rings. The maximum absolute atomic E-state index is 9.84. The normalized spacial score (nSPS) is 24.3. The quantitative estimate of drug-likeness (QED) is 0.883. The van der Waals surface area contributed by atoms with Crippen LogP contribution in [-0.2, 0) is 0 Å². The van der Waals surface area contributed by atoms with E-state index in [2.05, 4.69) is 54.6 Å². The fraction of sp³-hybridized carbons (Fsp3) is 0.294. The summed E-state index contributed by atoms with van der Waals surface area (Å²) >= 11 is 0. The summed E-state index contributed by atoms with van der Waals surface area (Å²) < 4.78 is 0. The first-order valence-electron chi connectivity index (χ1n) is 6.88. The molecule has 2 aromatic carbocycles. The number of nitrogens with zero attached hydrogens (tertiary/aromatic N) is 1. The Kier molecular flexibility index (Phi) is 3.62. The molecule has 2 heteroatoms. The number of hydrogen-bond acceptors (Lipinski definition) is 2. The Morgan fingerprint density at radius 1 is 0.789 bits per heavy atom. The van der Waals surface area contributed by atoms with Crippen molar-refractivity contribution in [3.8, 4) is 0 Å². The molecule has 0 aromatic heterocycles. The van der Waals surface area contributed by atoms with Gasteiger partial charge in [-0.2, -0.15) is 5.06 Å². The van der Waals surface area contributed by atoms with Gasteiger partial charge in [0, 0.05) is 19.0 Å². The van der Waals surface area contributed by atoms with E-state index in [4.69, 9.17) is 0 Å². The van der Waals surface area contributed by atoms with Crippen molar-refractivity contribution in [2.75, 3.05) is 13.1 Å². The Morgan fingerprint density at radius 3 is 1.89 bits per heavy atom. The monoisotopic (exact) mass is 253 g/mol. The van der Waals surface area contributed by atoms with Crippen LogP contribution in [0.15, 0.2) is 60.7 Å². The van der Waals surface area contributed by atoms with E-state index in [0.717, 1.165) is 13.0 Å². The minimum atomic E-state index is 0.363. The van der Waals surface area contributed by atoms with Crippen LogP contribution in [0.5, 0.6) is 0 Å². The lowest BCUT2D eigenvalue weighted by Gasteiger charge is -2.36. The maximum atomic E-state index is 9.84. The van der Waals surface area contributed by atoms with Gasteiger partial charge in [-0.3, -0.25) is 0 Å². The molecule has 0 aliphatic carbocycles. The molecular weight excluding hydrogens is 234 g/mol. The Labute approximate surface area is 114 Å². The minimum Gasteiger partial charge on any atom is -0.314 e. The summed E-state index contributed by atoms with van der Waals surface area (Å²) in [5.41, 5.74) is 2.69. The molecule has 1 aliphatic heterocycles. The summed E-state index contributed by atoms with van der Waals surface area (Å²) in [7, 11) is 0. The van der Waals surface area contributed by atoms with Crippen molar-refractivity contribution < 1.29 is 5.21 Å². The first-order valence-corrected chi connectivity index (χ1v) is 6.88. The van der Waals surface area contributed by atoms with Crippen molar-refractivity contribution in [1.82, 2.24) is 5.06 Å². The van der Waals surface area contributed by atoms with Crippen LogP contribution in [0.4, 0.5) is 0 Å². The van der Waals surface area contributed by atoms with Crippen molar-refractivity contribution in [2.45, 2.75) is 18.3 Å². The van der Waals surface area contributed by atoms with E-state index in [-0.39, 0.29) is 0 Å². The third-order valence-electron chi connectivity index (χ3n) is 4.05. The van der Waals surface area contributed by atoms with Crippen LogP contribution in [0.2, 0.25) is 0 Å². The summed E-state index contributed by atoms with van der Waals surface area (Å²) in [6, 6.07) is 21.2. The standard InChI is InChI=1S/C17H19NO/c19-18-12-11-16(14-7-3-1-4-8-14)17(13-18)15-9-5-2-6-10-15/h1-10,16-17,19H,11-13H2. The van der Waals surface area contributed by atoms with Crippen LogP contribution in [0.1, 0.15) is 29.4 Å². The molecule has 2 unspecified atom stereocenters. The Bertz CT molecular complexity index is 511. The van der Waals surface area contributed by atoms with E-state index in [1.54, 1.807) is 0 Å². The van der Waals surface area contributed by atoms with Crippen LogP contribution in [0.3, 0.4) is 0 Å². The zero-order valence-electron chi connectivity index (χ0n) is 10.9. The van der Waals surface area contributed by atoms with Crippen molar-refractivity contribution in [2.24, 2.45) is 0 Å². The number of hydroxylamine groups is 2. The molecule has 19 heavy (non-hydrogen) atoms. The van der Waals surface area contributed by atoms with E-state index in [1.807, 2.05) is 6.07 Å². The Morgan fingerprint density at radius 2 is 1.32 bits per heavy atom. The zero-order valence-corrected chi connectivity index (χ0v) is 10.9. The molecule has 0 saturated carbocycles. The smallest absolute Gasteiger partial charge is 0.0312 e. The van der Waals surface area contributed by atoms with E-state index < -0.39 is 0 Å². The fourth-order valence-electron chi connectivity index (χ4n) is 3.07. The first-order chi connectivity index (χ1) is 9.34. The van der Waals surface area contributed by atoms with Gasteiger partial charge in [0.1, 0.15) is 0 Å². The van der Waals surface area contributed by atoms with Crippen LogP contribution >= 0.6 is 0 Å². The maximum Gasteiger partial charge on any atom is 0.0312 e. The molecule has 1 N–H and O–H groups in total. The van der Waals surface area contributed by atoms with Gasteiger partial charge in [0.15, 0.2) is 0 Å². The molecular formula is C17H19NO. The van der Waals surface area contributed by atoms with Gasteiger partial charge >= 0.3 is 0 Å². The average molecular weight is 253 g/mol. The molecule has 2 nitrogen and oxygen atoms in total. The highest BCUT2D eigenvalue weighted by atomic mass is 16.5. The topological polar surface area (TPSA) is 23.5 Å². The summed E-state index contributed by atoms with van der Waals surface area (Å²) in [5, 5.41) is 11.3. The largest absolute Gasteiger partial charge is 0.314 e. The van der Waals surface area contributed by atoms with Gasteiger partial charge in [-0.25, -0.2) is 0 Å². The number of hydrogen-bond donors (Lipinski definition) is 1. The van der Waals surface area contributed by atoms with Crippen molar-refractivity contribution in [3.05, 3.63) is 71.8 Å². The molecule has 3 rings (SSSR count). The van der Waals surface area contributed by atoms with Gasteiger partial charge in [0.05, 0.1) is 0 Å². The lowest BCUT2D eigenvalue weighted by atomic mass is 9.77. The number of rotatable bonds is 2. The predicted octanol–water partition coefficient (Wildman–Crippen LogP) is 3.65. The van der Waals surface area contributed by atoms with E-state index in [1.165, 1.54) is 16.2 Å². The number of benzene rings is 2. The molecule has 2 atom stereocenters. The van der Waals surface area contributed by atoms with Crippen LogP contribution in [0.25, 0.3) is 0 Å². The molecule has 1 heterocycles.